The van der Waals surface area contributed by atoms with Crippen LogP contribution in [0.2, 0.25) is 5.02 Å². The molecule has 4 rings (SSSR count). The van der Waals surface area contributed by atoms with E-state index < -0.39 is 17.4 Å². The van der Waals surface area contributed by atoms with Crippen LogP contribution in [0.4, 0.5) is 0 Å². The van der Waals surface area contributed by atoms with Crippen LogP contribution in [0.5, 0.6) is 0 Å². The number of carbonyl (C=O) groups is 2. The summed E-state index contributed by atoms with van der Waals surface area (Å²) >= 11 is 6.16. The Kier molecular flexibility index (Phi) is 6.57. The van der Waals surface area contributed by atoms with Crippen molar-refractivity contribution in [1.82, 2.24) is 14.7 Å². The van der Waals surface area contributed by atoms with E-state index in [0.29, 0.717) is 22.8 Å². The zero-order valence-electron chi connectivity index (χ0n) is 19.8. The Hall–Kier alpha value is -3.45. The minimum atomic E-state index is -0.454. The van der Waals surface area contributed by atoms with Crippen molar-refractivity contribution < 1.29 is 14.2 Å². The molecule has 0 fully saturated rings. The minimum absolute atomic E-state index is 0.104. The summed E-state index contributed by atoms with van der Waals surface area (Å²) in [6.45, 7) is 8.10. The molecule has 2 amide bonds. The summed E-state index contributed by atoms with van der Waals surface area (Å²) in [7, 11) is 0. The number of halogens is 1. The van der Waals surface area contributed by atoms with E-state index in [-0.39, 0.29) is 29.3 Å². The van der Waals surface area contributed by atoms with Crippen LogP contribution in [0, 0.1) is 0 Å². The van der Waals surface area contributed by atoms with Crippen molar-refractivity contribution in [2.75, 3.05) is 6.54 Å². The lowest BCUT2D eigenvalue weighted by molar-refractivity contribution is -0.577. The fraction of sp³-hybridized carbons (Fsp3) is 0.308. The molecule has 3 aromatic rings. The van der Waals surface area contributed by atoms with E-state index in [1.165, 1.54) is 9.58 Å². The Labute approximate surface area is 203 Å². The number of aromatic amines is 1. The van der Waals surface area contributed by atoms with Gasteiger partial charge in [-0.2, -0.15) is 4.57 Å². The molecule has 0 saturated heterocycles. The first kappa shape index (κ1) is 23.7. The van der Waals surface area contributed by atoms with E-state index in [1.54, 1.807) is 41.2 Å². The molecule has 1 aromatic carbocycles. The molecule has 0 atom stereocenters. The molecule has 1 aliphatic rings. The second kappa shape index (κ2) is 9.43. The van der Waals surface area contributed by atoms with Crippen molar-refractivity contribution in [3.63, 3.8) is 0 Å². The number of pyridine rings is 1. The maximum Gasteiger partial charge on any atom is 0.326 e. The number of H-pyrrole nitrogens is 1. The number of hydrogen-bond acceptors (Lipinski definition) is 3. The predicted molar refractivity (Wildman–Crippen MR) is 132 cm³/mol. The fourth-order valence-electron chi connectivity index (χ4n) is 4.21. The average Bonchev–Trinajstić information content (AvgIpc) is 3.28. The van der Waals surface area contributed by atoms with Crippen LogP contribution in [-0.2, 0) is 16.0 Å². The predicted octanol–water partition coefficient (Wildman–Crippen LogP) is 3.94. The first-order chi connectivity index (χ1) is 16.3. The molecular formula is C26H28ClN4O3+. The van der Waals surface area contributed by atoms with Gasteiger partial charge < -0.3 is 0 Å². The van der Waals surface area contributed by atoms with Crippen LogP contribution >= 0.6 is 11.6 Å². The molecule has 8 heteroatoms. The van der Waals surface area contributed by atoms with Crippen molar-refractivity contribution in [2.24, 2.45) is 0 Å². The molecule has 0 spiro atoms. The highest BCUT2D eigenvalue weighted by Crippen LogP contribution is 2.32. The molecule has 176 valence electrons. The summed E-state index contributed by atoms with van der Waals surface area (Å²) in [5, 5.41) is 3.65. The highest BCUT2D eigenvalue weighted by atomic mass is 35.5. The SMILES string of the molecule is CCCN1C(=O)C(c2c(C(C)C)[nH]n(-c3cccc(Cl)c3)c2=O)=C([n+]2ccc(CC)cc2)C1=O. The van der Waals surface area contributed by atoms with Crippen LogP contribution in [0.15, 0.2) is 53.6 Å². The summed E-state index contributed by atoms with van der Waals surface area (Å²) in [6, 6.07) is 10.7. The Morgan fingerprint density at radius 2 is 1.74 bits per heavy atom. The lowest BCUT2D eigenvalue weighted by Crippen LogP contribution is -2.39. The van der Waals surface area contributed by atoms with Crippen molar-refractivity contribution in [2.45, 2.75) is 46.5 Å². The van der Waals surface area contributed by atoms with E-state index in [2.05, 4.69) is 5.10 Å². The number of benzene rings is 1. The first-order valence-electron chi connectivity index (χ1n) is 11.5. The number of imide groups is 1. The van der Waals surface area contributed by atoms with Gasteiger partial charge in [-0.1, -0.05) is 45.4 Å². The molecular weight excluding hydrogens is 452 g/mol. The number of amides is 2. The molecule has 34 heavy (non-hydrogen) atoms. The third kappa shape index (κ3) is 4.01. The van der Waals surface area contributed by atoms with Crippen LogP contribution in [-0.4, -0.2) is 33.0 Å². The van der Waals surface area contributed by atoms with Crippen molar-refractivity contribution in [3.8, 4) is 5.69 Å². The number of nitrogens with zero attached hydrogens (tertiary/aromatic N) is 3. The largest absolute Gasteiger partial charge is 0.326 e. The van der Waals surface area contributed by atoms with Gasteiger partial charge in [0, 0.05) is 29.4 Å². The van der Waals surface area contributed by atoms with Crippen molar-refractivity contribution in [3.05, 3.63) is 81.0 Å². The molecule has 0 unspecified atom stereocenters. The summed E-state index contributed by atoms with van der Waals surface area (Å²) in [5.41, 5.74) is 2.37. The number of carbonyl (C=O) groups excluding carboxylic acids is 2. The summed E-state index contributed by atoms with van der Waals surface area (Å²) < 4.78 is 3.02. The third-order valence-electron chi connectivity index (χ3n) is 5.97. The van der Waals surface area contributed by atoms with Gasteiger partial charge in [-0.25, -0.2) is 4.68 Å². The molecule has 0 aliphatic carbocycles. The average molecular weight is 480 g/mol. The summed E-state index contributed by atoms with van der Waals surface area (Å²) in [4.78, 5) is 42.0. The summed E-state index contributed by atoms with van der Waals surface area (Å²) in [6.07, 6.45) is 5.01. The summed E-state index contributed by atoms with van der Waals surface area (Å²) in [5.74, 6) is -0.960. The molecule has 0 radical (unpaired) electrons. The second-order valence-electron chi connectivity index (χ2n) is 8.63. The molecule has 3 heterocycles. The molecule has 2 aromatic heterocycles. The lowest BCUT2D eigenvalue weighted by atomic mass is 9.98. The normalized spacial score (nSPS) is 14.1. The van der Waals surface area contributed by atoms with E-state index in [4.69, 9.17) is 11.6 Å². The van der Waals surface area contributed by atoms with Gasteiger partial charge in [-0.05, 0) is 42.5 Å². The molecule has 1 N–H and O–H groups in total. The van der Waals surface area contributed by atoms with Crippen molar-refractivity contribution >= 4 is 34.7 Å². The van der Waals surface area contributed by atoms with Gasteiger partial charge in [0.15, 0.2) is 12.4 Å². The Bertz CT molecular complexity index is 1350. The van der Waals surface area contributed by atoms with Crippen LogP contribution < -0.4 is 10.1 Å². The number of nitrogens with one attached hydrogen (secondary N) is 1. The van der Waals surface area contributed by atoms with Gasteiger partial charge in [0.25, 0.3) is 17.2 Å². The maximum atomic E-state index is 13.8. The van der Waals surface area contributed by atoms with E-state index >= 15 is 0 Å². The Balaban J connectivity index is 2.01. The standard InChI is InChI=1S/C26H27ClN4O3/c1-5-12-30-24(32)21(23(26(30)34)29-13-10-17(6-2)11-14-29)20-22(16(3)4)28-31(25(20)33)19-9-7-8-18(27)15-19/h7-11,13-16H,5-6,12H2,1-4H3/p+1. The monoisotopic (exact) mass is 479 g/mol. The van der Waals surface area contributed by atoms with Crippen LogP contribution in [0.25, 0.3) is 17.0 Å². The first-order valence-corrected chi connectivity index (χ1v) is 11.9. The van der Waals surface area contributed by atoms with Gasteiger partial charge in [0.2, 0.25) is 0 Å². The second-order valence-corrected chi connectivity index (χ2v) is 9.06. The number of rotatable bonds is 7. The quantitative estimate of drug-likeness (QED) is 0.412. The molecule has 1 aliphatic heterocycles. The highest BCUT2D eigenvalue weighted by Gasteiger charge is 2.47. The van der Waals surface area contributed by atoms with Crippen LogP contribution in [0.1, 0.15) is 56.9 Å². The Morgan fingerprint density at radius 3 is 2.32 bits per heavy atom. The van der Waals surface area contributed by atoms with Gasteiger partial charge in [0.05, 0.1) is 11.3 Å². The van der Waals surface area contributed by atoms with Crippen molar-refractivity contribution in [1.29, 1.82) is 0 Å². The smallest absolute Gasteiger partial charge is 0.294 e. The van der Waals surface area contributed by atoms with Gasteiger partial charge in [-0.3, -0.25) is 24.4 Å². The highest BCUT2D eigenvalue weighted by molar-refractivity contribution is 6.44. The fourth-order valence-corrected chi connectivity index (χ4v) is 4.39. The van der Waals surface area contributed by atoms with E-state index in [9.17, 15) is 14.4 Å². The maximum absolute atomic E-state index is 13.8. The topological polar surface area (TPSA) is 79.1 Å². The number of hydrogen-bond donors (Lipinski definition) is 1. The van der Waals surface area contributed by atoms with Gasteiger partial charge >= 0.3 is 5.91 Å². The van der Waals surface area contributed by atoms with Gasteiger partial charge in [-0.15, -0.1) is 0 Å². The van der Waals surface area contributed by atoms with Crippen LogP contribution in [0.3, 0.4) is 0 Å². The lowest BCUT2D eigenvalue weighted by Gasteiger charge is -2.12. The molecule has 0 bridgehead atoms. The zero-order valence-corrected chi connectivity index (χ0v) is 20.5. The Morgan fingerprint density at radius 1 is 1.03 bits per heavy atom. The molecule has 0 saturated carbocycles. The number of aryl methyl sites for hydroxylation is 1. The van der Waals surface area contributed by atoms with Gasteiger partial charge in [0.1, 0.15) is 5.57 Å². The molecule has 7 nitrogen and oxygen atoms in total. The number of aromatic nitrogens is 3. The third-order valence-corrected chi connectivity index (χ3v) is 6.20. The van der Waals surface area contributed by atoms with E-state index in [1.807, 2.05) is 39.8 Å². The van der Waals surface area contributed by atoms with E-state index in [0.717, 1.165) is 12.0 Å². The zero-order chi connectivity index (χ0) is 24.6. The minimum Gasteiger partial charge on any atom is -0.294 e.